The van der Waals surface area contributed by atoms with Gasteiger partial charge in [0, 0.05) is 18.0 Å². The second kappa shape index (κ2) is 6.78. The fraction of sp³-hybridized carbons (Fsp3) is 0.412. The number of aromatic nitrogens is 5. The monoisotopic (exact) mass is 340 g/mol. The van der Waals surface area contributed by atoms with Crippen LogP contribution in [-0.2, 0) is 6.54 Å². The Morgan fingerprint density at radius 2 is 2.12 bits per heavy atom. The Morgan fingerprint density at radius 3 is 2.92 bits per heavy atom. The molecule has 3 aromatic rings. The fourth-order valence-electron chi connectivity index (χ4n) is 3.19. The first kappa shape index (κ1) is 15.4. The van der Waals surface area contributed by atoms with Gasteiger partial charge in [0.2, 0.25) is 0 Å². The molecule has 1 aliphatic rings. The van der Waals surface area contributed by atoms with Gasteiger partial charge in [-0.3, -0.25) is 10.00 Å². The highest BCUT2D eigenvalue weighted by atomic mass is 32.1. The summed E-state index contributed by atoms with van der Waals surface area (Å²) in [7, 11) is 0. The zero-order chi connectivity index (χ0) is 16.4. The molecule has 0 aliphatic carbocycles. The van der Waals surface area contributed by atoms with Crippen LogP contribution in [0.5, 0.6) is 0 Å². The third-order valence-electron chi connectivity index (χ3n) is 4.35. The van der Waals surface area contributed by atoms with Gasteiger partial charge in [0.1, 0.15) is 15.8 Å². The van der Waals surface area contributed by atoms with E-state index in [1.54, 1.807) is 11.3 Å². The first-order chi connectivity index (χ1) is 11.8. The third-order valence-corrected chi connectivity index (χ3v) is 5.18. The summed E-state index contributed by atoms with van der Waals surface area (Å²) in [5, 5.41) is 18.0. The third kappa shape index (κ3) is 3.37. The SMILES string of the molecule is Cc1nnc(CN2CCCC(c3nc(-c4ccccc4)n[nH]3)C2)s1. The normalized spacial score (nSPS) is 18.8. The van der Waals surface area contributed by atoms with Gasteiger partial charge in [-0.1, -0.05) is 30.3 Å². The molecule has 0 saturated carbocycles. The summed E-state index contributed by atoms with van der Waals surface area (Å²) in [6, 6.07) is 10.1. The van der Waals surface area contributed by atoms with E-state index in [-0.39, 0.29) is 0 Å². The summed E-state index contributed by atoms with van der Waals surface area (Å²) in [6.07, 6.45) is 2.32. The molecule has 1 saturated heterocycles. The number of benzene rings is 1. The van der Waals surface area contributed by atoms with Gasteiger partial charge in [0.05, 0.1) is 6.54 Å². The molecule has 6 nitrogen and oxygen atoms in total. The van der Waals surface area contributed by atoms with Crippen LogP contribution in [0.25, 0.3) is 11.4 Å². The highest BCUT2D eigenvalue weighted by Gasteiger charge is 2.25. The van der Waals surface area contributed by atoms with Gasteiger partial charge in [-0.25, -0.2) is 4.98 Å². The Morgan fingerprint density at radius 1 is 1.25 bits per heavy atom. The Hall–Kier alpha value is -2.12. The maximum atomic E-state index is 4.73. The number of hydrogen-bond donors (Lipinski definition) is 1. The second-order valence-electron chi connectivity index (χ2n) is 6.20. The molecular formula is C17H20N6S. The maximum Gasteiger partial charge on any atom is 0.181 e. The predicted octanol–water partition coefficient (Wildman–Crippen LogP) is 3.01. The molecule has 2 aromatic heterocycles. The number of aryl methyl sites for hydroxylation is 1. The molecule has 0 amide bonds. The molecule has 0 bridgehead atoms. The maximum absolute atomic E-state index is 4.73. The van der Waals surface area contributed by atoms with Crippen molar-refractivity contribution < 1.29 is 0 Å². The fourth-order valence-corrected chi connectivity index (χ4v) is 3.94. The van der Waals surface area contributed by atoms with Gasteiger partial charge in [0.15, 0.2) is 5.82 Å². The van der Waals surface area contributed by atoms with E-state index in [0.717, 1.165) is 53.3 Å². The van der Waals surface area contributed by atoms with Gasteiger partial charge in [-0.05, 0) is 26.3 Å². The van der Waals surface area contributed by atoms with E-state index < -0.39 is 0 Å². The molecule has 7 heteroatoms. The van der Waals surface area contributed by atoms with Crippen molar-refractivity contribution in [2.45, 2.75) is 32.2 Å². The number of nitrogens with one attached hydrogen (secondary N) is 1. The van der Waals surface area contributed by atoms with E-state index in [2.05, 4.69) is 25.3 Å². The van der Waals surface area contributed by atoms with Crippen molar-refractivity contribution in [2.24, 2.45) is 0 Å². The molecule has 3 heterocycles. The van der Waals surface area contributed by atoms with Crippen molar-refractivity contribution in [3.63, 3.8) is 0 Å². The zero-order valence-corrected chi connectivity index (χ0v) is 14.5. The lowest BCUT2D eigenvalue weighted by atomic mass is 9.97. The minimum absolute atomic E-state index is 0.401. The van der Waals surface area contributed by atoms with Gasteiger partial charge < -0.3 is 0 Å². The average molecular weight is 340 g/mol. The molecule has 1 unspecified atom stereocenters. The highest BCUT2D eigenvalue weighted by molar-refractivity contribution is 7.11. The summed E-state index contributed by atoms with van der Waals surface area (Å²) in [5.74, 6) is 2.17. The standard InChI is InChI=1S/C17H20N6S/c1-12-19-20-15(24-12)11-23-9-5-8-14(10-23)17-18-16(21-22-17)13-6-3-2-4-7-13/h2-4,6-7,14H,5,8-11H2,1H3,(H,18,21,22). The van der Waals surface area contributed by atoms with Crippen molar-refractivity contribution in [2.75, 3.05) is 13.1 Å². The van der Waals surface area contributed by atoms with Crippen molar-refractivity contribution in [3.8, 4) is 11.4 Å². The first-order valence-corrected chi connectivity index (χ1v) is 9.08. The molecular weight excluding hydrogens is 320 g/mol. The first-order valence-electron chi connectivity index (χ1n) is 8.27. The predicted molar refractivity (Wildman–Crippen MR) is 93.7 cm³/mol. The lowest BCUT2D eigenvalue weighted by Crippen LogP contribution is -2.34. The molecule has 124 valence electrons. The minimum atomic E-state index is 0.401. The molecule has 0 spiro atoms. The number of H-pyrrole nitrogens is 1. The van der Waals surface area contributed by atoms with E-state index in [9.17, 15) is 0 Å². The van der Waals surface area contributed by atoms with E-state index in [1.807, 2.05) is 37.3 Å². The summed E-state index contributed by atoms with van der Waals surface area (Å²) < 4.78 is 0. The minimum Gasteiger partial charge on any atom is -0.296 e. The van der Waals surface area contributed by atoms with Crippen molar-refractivity contribution >= 4 is 11.3 Å². The molecule has 24 heavy (non-hydrogen) atoms. The highest BCUT2D eigenvalue weighted by Crippen LogP contribution is 2.27. The van der Waals surface area contributed by atoms with Crippen LogP contribution in [0.1, 0.15) is 34.6 Å². The van der Waals surface area contributed by atoms with Crippen LogP contribution in [0, 0.1) is 6.92 Å². The van der Waals surface area contributed by atoms with Crippen LogP contribution in [-0.4, -0.2) is 43.4 Å². The van der Waals surface area contributed by atoms with Crippen molar-refractivity contribution in [1.29, 1.82) is 0 Å². The summed E-state index contributed by atoms with van der Waals surface area (Å²) in [4.78, 5) is 7.17. The lowest BCUT2D eigenvalue weighted by molar-refractivity contribution is 0.196. The Bertz CT molecular complexity index is 796. The Labute approximate surface area is 145 Å². The molecule has 1 atom stereocenters. The largest absolute Gasteiger partial charge is 0.296 e. The van der Waals surface area contributed by atoms with E-state index in [1.165, 1.54) is 6.42 Å². The van der Waals surface area contributed by atoms with E-state index in [4.69, 9.17) is 4.98 Å². The van der Waals surface area contributed by atoms with Crippen molar-refractivity contribution in [3.05, 3.63) is 46.2 Å². The molecule has 1 aromatic carbocycles. The van der Waals surface area contributed by atoms with Gasteiger partial charge in [0.25, 0.3) is 0 Å². The van der Waals surface area contributed by atoms with Crippen molar-refractivity contribution in [1.82, 2.24) is 30.3 Å². The van der Waals surface area contributed by atoms with Gasteiger partial charge >= 0.3 is 0 Å². The lowest BCUT2D eigenvalue weighted by Gasteiger charge is -2.30. The van der Waals surface area contributed by atoms with Gasteiger partial charge in [-0.2, -0.15) is 5.10 Å². The van der Waals surface area contributed by atoms with E-state index >= 15 is 0 Å². The molecule has 1 fully saturated rings. The number of aromatic amines is 1. The molecule has 1 N–H and O–H groups in total. The van der Waals surface area contributed by atoms with Crippen LogP contribution < -0.4 is 0 Å². The van der Waals surface area contributed by atoms with Crippen LogP contribution in [0.15, 0.2) is 30.3 Å². The summed E-state index contributed by atoms with van der Waals surface area (Å²) in [5.41, 5.74) is 1.05. The number of piperidine rings is 1. The summed E-state index contributed by atoms with van der Waals surface area (Å²) in [6.45, 7) is 4.97. The van der Waals surface area contributed by atoms with Crippen LogP contribution in [0.2, 0.25) is 0 Å². The number of nitrogens with zero attached hydrogens (tertiary/aromatic N) is 5. The smallest absolute Gasteiger partial charge is 0.181 e. The number of hydrogen-bond acceptors (Lipinski definition) is 6. The second-order valence-corrected chi connectivity index (χ2v) is 7.47. The van der Waals surface area contributed by atoms with E-state index in [0.29, 0.717) is 5.92 Å². The average Bonchev–Trinajstić information content (AvgIpc) is 3.25. The molecule has 1 aliphatic heterocycles. The zero-order valence-electron chi connectivity index (χ0n) is 13.6. The van der Waals surface area contributed by atoms with Crippen LogP contribution >= 0.6 is 11.3 Å². The van der Waals surface area contributed by atoms with Gasteiger partial charge in [-0.15, -0.1) is 21.5 Å². The molecule has 4 rings (SSSR count). The molecule has 0 radical (unpaired) electrons. The number of likely N-dealkylation sites (tertiary alicyclic amines) is 1. The summed E-state index contributed by atoms with van der Waals surface area (Å²) >= 11 is 1.68. The Kier molecular flexibility index (Phi) is 4.36. The topological polar surface area (TPSA) is 70.6 Å². The Balaban J connectivity index is 1.45. The van der Waals surface area contributed by atoms with Crippen LogP contribution in [0.4, 0.5) is 0 Å². The number of rotatable bonds is 4. The van der Waals surface area contributed by atoms with Crippen LogP contribution in [0.3, 0.4) is 0 Å². The quantitative estimate of drug-likeness (QED) is 0.790.